The first-order valence-corrected chi connectivity index (χ1v) is 12.1. The molecule has 0 aliphatic carbocycles. The number of halogens is 1. The molecule has 3 rings (SSSR count). The number of ether oxygens (including phenoxy) is 2. The first-order valence-electron chi connectivity index (χ1n) is 11.0. The quantitative estimate of drug-likeness (QED) is 0.151. The summed E-state index contributed by atoms with van der Waals surface area (Å²) in [4.78, 5) is 12.5. The van der Waals surface area contributed by atoms with Crippen LogP contribution in [0.1, 0.15) is 28.7 Å². The summed E-state index contributed by atoms with van der Waals surface area (Å²) in [6, 6.07) is 25.0. The fourth-order valence-electron chi connectivity index (χ4n) is 3.42. The molecule has 0 saturated carbocycles. The number of amides is 1. The molecule has 35 heavy (non-hydrogen) atoms. The number of rotatable bonds is 10. The summed E-state index contributed by atoms with van der Waals surface area (Å²) < 4.78 is 12.2. The number of nitriles is 2. The van der Waals surface area contributed by atoms with E-state index >= 15 is 0 Å². The average molecular weight is 577 g/mol. The molecule has 0 heterocycles. The van der Waals surface area contributed by atoms with E-state index in [2.05, 4.69) is 34.0 Å². The maximum Gasteiger partial charge on any atom is 0.261 e. The molecular weight excluding hydrogens is 553 g/mol. The zero-order chi connectivity index (χ0) is 25.0. The van der Waals surface area contributed by atoms with Crippen LogP contribution >= 0.6 is 22.6 Å². The zero-order valence-electron chi connectivity index (χ0n) is 19.3. The molecule has 0 bridgehead atoms. The molecule has 7 heteroatoms. The molecule has 0 saturated heterocycles. The molecule has 3 aromatic rings. The second-order valence-corrected chi connectivity index (χ2v) is 8.77. The molecule has 0 fully saturated rings. The molecule has 0 unspecified atom stereocenters. The summed E-state index contributed by atoms with van der Waals surface area (Å²) in [5, 5.41) is 21.6. The van der Waals surface area contributed by atoms with E-state index in [1.54, 1.807) is 18.2 Å². The Hall–Kier alpha value is -3.82. The first-order chi connectivity index (χ1) is 17.0. The summed E-state index contributed by atoms with van der Waals surface area (Å²) in [7, 11) is 1.53. The van der Waals surface area contributed by atoms with Gasteiger partial charge in [-0.2, -0.15) is 10.5 Å². The highest BCUT2D eigenvalue weighted by Gasteiger charge is 2.14. The van der Waals surface area contributed by atoms with Crippen LogP contribution in [0.5, 0.6) is 11.5 Å². The summed E-state index contributed by atoms with van der Waals surface area (Å²) in [6.07, 6.45) is 3.16. The molecule has 0 spiro atoms. The Bertz CT molecular complexity index is 1290. The SMILES string of the molecule is COc1cc(/C=C(/C#N)C(=O)NCCCc2ccccc2)cc(I)c1OCc1ccccc1C#N. The predicted octanol–water partition coefficient (Wildman–Crippen LogP) is 5.41. The lowest BCUT2D eigenvalue weighted by atomic mass is 10.1. The molecule has 1 amide bonds. The van der Waals surface area contributed by atoms with Gasteiger partial charge in [-0.15, -0.1) is 0 Å². The van der Waals surface area contributed by atoms with Gasteiger partial charge in [0.1, 0.15) is 18.2 Å². The molecule has 3 aromatic carbocycles. The van der Waals surface area contributed by atoms with Crippen LogP contribution in [0, 0.1) is 26.2 Å². The minimum absolute atomic E-state index is 0.0131. The highest BCUT2D eigenvalue weighted by atomic mass is 127. The topological polar surface area (TPSA) is 95.1 Å². The average Bonchev–Trinajstić information content (AvgIpc) is 2.89. The van der Waals surface area contributed by atoms with Gasteiger partial charge in [0.2, 0.25) is 0 Å². The Balaban J connectivity index is 1.68. The Morgan fingerprint density at radius 3 is 2.54 bits per heavy atom. The van der Waals surface area contributed by atoms with Crippen molar-refractivity contribution in [2.45, 2.75) is 19.4 Å². The van der Waals surface area contributed by atoms with Crippen molar-refractivity contribution in [3.63, 3.8) is 0 Å². The number of carbonyl (C=O) groups is 1. The van der Waals surface area contributed by atoms with Crippen molar-refractivity contribution >= 4 is 34.6 Å². The molecule has 6 nitrogen and oxygen atoms in total. The number of carbonyl (C=O) groups excluding carboxylic acids is 1. The van der Waals surface area contributed by atoms with E-state index in [-0.39, 0.29) is 12.2 Å². The number of hydrogen-bond acceptors (Lipinski definition) is 5. The van der Waals surface area contributed by atoms with Crippen LogP contribution in [-0.2, 0) is 17.8 Å². The van der Waals surface area contributed by atoms with E-state index in [0.29, 0.717) is 29.2 Å². The molecule has 0 atom stereocenters. The van der Waals surface area contributed by atoms with Gasteiger partial charge in [0.15, 0.2) is 11.5 Å². The molecule has 176 valence electrons. The monoisotopic (exact) mass is 577 g/mol. The van der Waals surface area contributed by atoms with E-state index in [0.717, 1.165) is 22.0 Å². The van der Waals surface area contributed by atoms with Gasteiger partial charge in [0.05, 0.1) is 22.3 Å². The van der Waals surface area contributed by atoms with Gasteiger partial charge in [-0.25, -0.2) is 0 Å². The Morgan fingerprint density at radius 2 is 1.83 bits per heavy atom. The standard InChI is InChI=1S/C28H24IN3O3/c1-34-26-16-21(15-25(29)27(26)35-19-23-12-6-5-11-22(23)17-30)14-24(18-31)28(33)32-13-7-10-20-8-3-2-4-9-20/h2-6,8-9,11-12,14-16H,7,10,13,19H2,1H3,(H,32,33)/b24-14-. The highest BCUT2D eigenvalue weighted by molar-refractivity contribution is 14.1. The molecule has 0 aliphatic heterocycles. The second kappa shape index (κ2) is 13.2. The number of benzene rings is 3. The van der Waals surface area contributed by atoms with E-state index in [9.17, 15) is 15.3 Å². The molecular formula is C28H24IN3O3. The van der Waals surface area contributed by atoms with Gasteiger partial charge >= 0.3 is 0 Å². The van der Waals surface area contributed by atoms with Crippen molar-refractivity contribution in [1.82, 2.24) is 5.32 Å². The minimum Gasteiger partial charge on any atom is -0.493 e. The highest BCUT2D eigenvalue weighted by Crippen LogP contribution is 2.35. The number of nitrogens with one attached hydrogen (secondary N) is 1. The number of nitrogens with zero attached hydrogens (tertiary/aromatic N) is 2. The van der Waals surface area contributed by atoms with Crippen LogP contribution in [-0.4, -0.2) is 19.6 Å². The normalized spacial score (nSPS) is 10.7. The third-order valence-corrected chi connectivity index (χ3v) is 6.01. The predicted molar refractivity (Wildman–Crippen MR) is 143 cm³/mol. The lowest BCUT2D eigenvalue weighted by Gasteiger charge is -2.14. The van der Waals surface area contributed by atoms with Gasteiger partial charge in [0.25, 0.3) is 5.91 Å². The van der Waals surface area contributed by atoms with Crippen molar-refractivity contribution < 1.29 is 14.3 Å². The van der Waals surface area contributed by atoms with Crippen molar-refractivity contribution in [2.24, 2.45) is 0 Å². The van der Waals surface area contributed by atoms with Crippen LogP contribution in [0.25, 0.3) is 6.08 Å². The van der Waals surface area contributed by atoms with Crippen molar-refractivity contribution in [3.05, 3.63) is 98.1 Å². The summed E-state index contributed by atoms with van der Waals surface area (Å²) in [6.45, 7) is 0.685. The third kappa shape index (κ3) is 7.33. The minimum atomic E-state index is -0.414. The van der Waals surface area contributed by atoms with Crippen LogP contribution in [0.2, 0.25) is 0 Å². The molecule has 1 N–H and O–H groups in total. The fourth-order valence-corrected chi connectivity index (χ4v) is 4.20. The lowest BCUT2D eigenvalue weighted by molar-refractivity contribution is -0.117. The Kier molecular flexibility index (Phi) is 9.70. The maximum atomic E-state index is 12.5. The van der Waals surface area contributed by atoms with Gasteiger partial charge in [-0.3, -0.25) is 4.79 Å². The largest absolute Gasteiger partial charge is 0.493 e. The smallest absolute Gasteiger partial charge is 0.261 e. The van der Waals surface area contributed by atoms with Crippen LogP contribution < -0.4 is 14.8 Å². The Morgan fingerprint density at radius 1 is 1.09 bits per heavy atom. The van der Waals surface area contributed by atoms with Gasteiger partial charge in [0, 0.05) is 12.1 Å². The lowest BCUT2D eigenvalue weighted by Crippen LogP contribution is -2.25. The first kappa shape index (κ1) is 25.8. The number of methoxy groups -OCH3 is 1. The van der Waals surface area contributed by atoms with E-state index in [1.807, 2.05) is 54.6 Å². The van der Waals surface area contributed by atoms with Crippen molar-refractivity contribution in [3.8, 4) is 23.6 Å². The fraction of sp³-hybridized carbons (Fsp3) is 0.179. The van der Waals surface area contributed by atoms with Crippen LogP contribution in [0.4, 0.5) is 0 Å². The summed E-state index contributed by atoms with van der Waals surface area (Å²) in [5.41, 5.74) is 3.19. The maximum absolute atomic E-state index is 12.5. The van der Waals surface area contributed by atoms with Gasteiger partial charge in [-0.05, 0) is 70.8 Å². The second-order valence-electron chi connectivity index (χ2n) is 7.61. The zero-order valence-corrected chi connectivity index (χ0v) is 21.4. The van der Waals surface area contributed by atoms with Crippen LogP contribution in [0.15, 0.2) is 72.3 Å². The van der Waals surface area contributed by atoms with Gasteiger partial charge < -0.3 is 14.8 Å². The van der Waals surface area contributed by atoms with Gasteiger partial charge in [-0.1, -0.05) is 48.5 Å². The Labute approximate surface area is 218 Å². The summed E-state index contributed by atoms with van der Waals surface area (Å²) >= 11 is 2.12. The molecule has 0 radical (unpaired) electrons. The third-order valence-electron chi connectivity index (χ3n) is 5.21. The van der Waals surface area contributed by atoms with Crippen LogP contribution in [0.3, 0.4) is 0 Å². The number of hydrogen-bond donors (Lipinski definition) is 1. The van der Waals surface area contributed by atoms with E-state index in [4.69, 9.17) is 9.47 Å². The van der Waals surface area contributed by atoms with Crippen molar-refractivity contribution in [1.29, 1.82) is 10.5 Å². The summed E-state index contributed by atoms with van der Waals surface area (Å²) in [5.74, 6) is 0.586. The van der Waals surface area contributed by atoms with E-state index < -0.39 is 5.91 Å². The molecule has 0 aromatic heterocycles. The molecule has 0 aliphatic rings. The number of aryl methyl sites for hydroxylation is 1. The van der Waals surface area contributed by atoms with E-state index in [1.165, 1.54) is 18.7 Å². The van der Waals surface area contributed by atoms with Crippen molar-refractivity contribution in [2.75, 3.05) is 13.7 Å².